The summed E-state index contributed by atoms with van der Waals surface area (Å²) in [7, 11) is -4.26. The van der Waals surface area contributed by atoms with Crippen molar-refractivity contribution in [1.29, 1.82) is 0 Å². The Bertz CT molecular complexity index is 867. The summed E-state index contributed by atoms with van der Waals surface area (Å²) in [6.07, 6.45) is -4.65. The van der Waals surface area contributed by atoms with Gasteiger partial charge in [-0.1, -0.05) is 24.3 Å². The molecule has 0 saturated heterocycles. The first kappa shape index (κ1) is 19.8. The molecule has 0 aliphatic rings. The van der Waals surface area contributed by atoms with Gasteiger partial charge in [0.25, 0.3) is 10.0 Å². The molecule has 0 saturated carbocycles. The van der Waals surface area contributed by atoms with Crippen LogP contribution < -0.4 is 4.31 Å². The third-order valence-electron chi connectivity index (χ3n) is 3.37. The number of anilines is 1. The largest absolute Gasteiger partial charge is 0.465 e. The lowest BCUT2D eigenvalue weighted by atomic mass is 10.2. The molecule has 0 unspecified atom stereocenters. The van der Waals surface area contributed by atoms with E-state index in [4.69, 9.17) is 4.74 Å². The molecule has 5 nitrogen and oxygen atoms in total. The van der Waals surface area contributed by atoms with Gasteiger partial charge in [-0.2, -0.15) is 13.2 Å². The molecule has 0 spiro atoms. The number of rotatable bonds is 6. The van der Waals surface area contributed by atoms with Gasteiger partial charge in [0, 0.05) is 0 Å². The number of hydrogen-bond donors (Lipinski definition) is 0. The van der Waals surface area contributed by atoms with E-state index in [1.807, 2.05) is 0 Å². The summed E-state index contributed by atoms with van der Waals surface area (Å²) in [6.45, 7) is 0.811. The average Bonchev–Trinajstić information content (AvgIpc) is 2.60. The van der Waals surface area contributed by atoms with Crippen LogP contribution in [-0.2, 0) is 25.7 Å². The second-order valence-electron chi connectivity index (χ2n) is 5.18. The van der Waals surface area contributed by atoms with E-state index in [1.54, 1.807) is 6.07 Å². The van der Waals surface area contributed by atoms with Crippen molar-refractivity contribution >= 4 is 21.7 Å². The molecule has 9 heteroatoms. The summed E-state index contributed by atoms with van der Waals surface area (Å²) in [4.78, 5) is 11.7. The summed E-state index contributed by atoms with van der Waals surface area (Å²) in [5.41, 5.74) is -1.30. The Morgan fingerprint density at radius 3 is 2.31 bits per heavy atom. The van der Waals surface area contributed by atoms with Crippen LogP contribution >= 0.6 is 0 Å². The van der Waals surface area contributed by atoms with E-state index in [1.165, 1.54) is 37.3 Å². The monoisotopic (exact) mass is 387 g/mol. The van der Waals surface area contributed by atoms with Crippen LogP contribution in [0.15, 0.2) is 59.5 Å². The minimum atomic E-state index is -4.65. The van der Waals surface area contributed by atoms with Crippen LogP contribution in [0.4, 0.5) is 18.9 Å². The highest BCUT2D eigenvalue weighted by Gasteiger charge is 2.33. The standard InChI is InChI=1S/C17H16F3NO4S/c1-2-25-16(22)12-21(26(23,24)15-9-4-3-5-10-15)14-8-6-7-13(11-14)17(18,19)20/h3-11H,2,12H2,1H3. The van der Waals surface area contributed by atoms with E-state index < -0.39 is 34.3 Å². The maximum absolute atomic E-state index is 13.0. The second-order valence-corrected chi connectivity index (χ2v) is 7.04. The summed E-state index contributed by atoms with van der Waals surface area (Å²) in [5, 5.41) is 0. The van der Waals surface area contributed by atoms with E-state index >= 15 is 0 Å². The molecule has 0 heterocycles. The number of sulfonamides is 1. The maximum atomic E-state index is 13.0. The molecular formula is C17H16F3NO4S. The average molecular weight is 387 g/mol. The van der Waals surface area contributed by atoms with E-state index in [2.05, 4.69) is 0 Å². The Morgan fingerprint density at radius 1 is 1.08 bits per heavy atom. The number of carbonyl (C=O) groups is 1. The smallest absolute Gasteiger partial charge is 0.416 e. The highest BCUT2D eigenvalue weighted by Crippen LogP contribution is 2.33. The first-order valence-electron chi connectivity index (χ1n) is 7.57. The summed E-state index contributed by atoms with van der Waals surface area (Å²) in [5.74, 6) is -0.871. The highest BCUT2D eigenvalue weighted by molar-refractivity contribution is 7.92. The topological polar surface area (TPSA) is 63.7 Å². The lowest BCUT2D eigenvalue weighted by Crippen LogP contribution is -2.36. The number of carbonyl (C=O) groups excluding carboxylic acids is 1. The van der Waals surface area contributed by atoms with Gasteiger partial charge in [-0.05, 0) is 37.3 Å². The van der Waals surface area contributed by atoms with Gasteiger partial charge < -0.3 is 4.74 Å². The molecule has 0 aliphatic heterocycles. The van der Waals surface area contributed by atoms with E-state index in [9.17, 15) is 26.4 Å². The van der Waals surface area contributed by atoms with Crippen molar-refractivity contribution < 1.29 is 31.1 Å². The molecular weight excluding hydrogens is 371 g/mol. The fraction of sp³-hybridized carbons (Fsp3) is 0.235. The van der Waals surface area contributed by atoms with Crippen molar-refractivity contribution in [2.24, 2.45) is 0 Å². The number of halogens is 3. The second kappa shape index (κ2) is 7.77. The van der Waals surface area contributed by atoms with Crippen LogP contribution in [-0.4, -0.2) is 27.5 Å². The molecule has 2 aromatic rings. The minimum absolute atomic E-state index is 0.0145. The molecule has 2 aromatic carbocycles. The number of nitrogens with zero attached hydrogens (tertiary/aromatic N) is 1. The van der Waals surface area contributed by atoms with E-state index in [0.717, 1.165) is 12.1 Å². The van der Waals surface area contributed by atoms with Gasteiger partial charge >= 0.3 is 12.1 Å². The third-order valence-corrected chi connectivity index (χ3v) is 5.16. The summed E-state index contributed by atoms with van der Waals surface area (Å²) < 4.78 is 70.0. The Morgan fingerprint density at radius 2 is 1.73 bits per heavy atom. The molecule has 0 fully saturated rings. The van der Waals surface area contributed by atoms with Crippen LogP contribution in [0, 0.1) is 0 Å². The van der Waals surface area contributed by atoms with E-state index in [0.29, 0.717) is 10.4 Å². The molecule has 0 atom stereocenters. The molecule has 0 radical (unpaired) electrons. The fourth-order valence-corrected chi connectivity index (χ4v) is 3.62. The summed E-state index contributed by atoms with van der Waals surface area (Å²) >= 11 is 0. The first-order chi connectivity index (χ1) is 12.2. The number of ether oxygens (including phenoxy) is 1. The molecule has 140 valence electrons. The van der Waals surface area contributed by atoms with Crippen molar-refractivity contribution in [2.45, 2.75) is 18.0 Å². The SMILES string of the molecule is CCOC(=O)CN(c1cccc(C(F)(F)F)c1)S(=O)(=O)c1ccccc1. The predicted octanol–water partition coefficient (Wildman–Crippen LogP) is 3.46. The van der Waals surface area contributed by atoms with Crippen molar-refractivity contribution in [3.8, 4) is 0 Å². The fourth-order valence-electron chi connectivity index (χ4n) is 2.20. The van der Waals surface area contributed by atoms with Crippen LogP contribution in [0.5, 0.6) is 0 Å². The number of alkyl halides is 3. The molecule has 2 rings (SSSR count). The van der Waals surface area contributed by atoms with Gasteiger partial charge in [0.2, 0.25) is 0 Å². The van der Waals surface area contributed by atoms with Crippen LogP contribution in [0.3, 0.4) is 0 Å². The predicted molar refractivity (Wildman–Crippen MR) is 89.1 cm³/mol. The number of hydrogen-bond acceptors (Lipinski definition) is 4. The lowest BCUT2D eigenvalue weighted by Gasteiger charge is -2.24. The Balaban J connectivity index is 2.54. The van der Waals surface area contributed by atoms with Gasteiger partial charge in [0.1, 0.15) is 6.54 Å². The minimum Gasteiger partial charge on any atom is -0.465 e. The van der Waals surface area contributed by atoms with Crippen LogP contribution in [0.1, 0.15) is 12.5 Å². The van der Waals surface area contributed by atoms with Crippen LogP contribution in [0.2, 0.25) is 0 Å². The molecule has 26 heavy (non-hydrogen) atoms. The van der Waals surface area contributed by atoms with Crippen molar-refractivity contribution in [2.75, 3.05) is 17.5 Å². The number of benzene rings is 2. The Hall–Kier alpha value is -2.55. The van der Waals surface area contributed by atoms with E-state index in [-0.39, 0.29) is 17.2 Å². The van der Waals surface area contributed by atoms with Gasteiger partial charge in [-0.15, -0.1) is 0 Å². The molecule has 0 bridgehead atoms. The quantitative estimate of drug-likeness (QED) is 0.712. The van der Waals surface area contributed by atoms with Crippen molar-refractivity contribution in [3.63, 3.8) is 0 Å². The van der Waals surface area contributed by atoms with Gasteiger partial charge in [-0.3, -0.25) is 9.10 Å². The molecule has 0 amide bonds. The zero-order valence-electron chi connectivity index (χ0n) is 13.7. The zero-order valence-corrected chi connectivity index (χ0v) is 14.5. The van der Waals surface area contributed by atoms with Gasteiger partial charge in [0.05, 0.1) is 22.8 Å². The van der Waals surface area contributed by atoms with Gasteiger partial charge in [-0.25, -0.2) is 8.42 Å². The molecule has 0 aromatic heterocycles. The number of esters is 1. The Labute approximate surface area is 149 Å². The highest BCUT2D eigenvalue weighted by atomic mass is 32.2. The Kier molecular flexibility index (Phi) is 5.91. The third kappa shape index (κ3) is 4.54. The van der Waals surface area contributed by atoms with Crippen molar-refractivity contribution in [3.05, 3.63) is 60.2 Å². The summed E-state index contributed by atoms with van der Waals surface area (Å²) in [6, 6.07) is 10.9. The molecule has 0 N–H and O–H groups in total. The first-order valence-corrected chi connectivity index (χ1v) is 9.01. The van der Waals surface area contributed by atoms with Gasteiger partial charge in [0.15, 0.2) is 0 Å². The maximum Gasteiger partial charge on any atom is 0.416 e. The molecule has 0 aliphatic carbocycles. The normalized spacial score (nSPS) is 11.8. The van der Waals surface area contributed by atoms with Crippen molar-refractivity contribution in [1.82, 2.24) is 0 Å². The lowest BCUT2D eigenvalue weighted by molar-refractivity contribution is -0.141. The zero-order chi connectivity index (χ0) is 19.4. The van der Waals surface area contributed by atoms with Crippen LogP contribution in [0.25, 0.3) is 0 Å².